The summed E-state index contributed by atoms with van der Waals surface area (Å²) in [6.07, 6.45) is 2.47. The maximum Gasteiger partial charge on any atom is 0.149 e. The SMILES string of the molecule is C=CCC(C)C(=O)CN. The van der Waals surface area contributed by atoms with Crippen LogP contribution >= 0.6 is 0 Å². The van der Waals surface area contributed by atoms with Gasteiger partial charge in [0.15, 0.2) is 0 Å². The van der Waals surface area contributed by atoms with E-state index >= 15 is 0 Å². The largest absolute Gasteiger partial charge is 0.324 e. The smallest absolute Gasteiger partial charge is 0.149 e. The zero-order valence-electron chi connectivity index (χ0n) is 5.76. The molecule has 0 aromatic rings. The molecule has 0 spiro atoms. The second-order valence-electron chi connectivity index (χ2n) is 2.10. The van der Waals surface area contributed by atoms with E-state index in [1.54, 1.807) is 6.08 Å². The molecule has 2 heteroatoms. The quantitative estimate of drug-likeness (QED) is 0.565. The van der Waals surface area contributed by atoms with Gasteiger partial charge in [0, 0.05) is 5.92 Å². The van der Waals surface area contributed by atoms with Crippen molar-refractivity contribution in [3.05, 3.63) is 12.7 Å². The lowest BCUT2D eigenvalue weighted by Gasteiger charge is -2.02. The monoisotopic (exact) mass is 127 g/mol. The molecule has 0 radical (unpaired) electrons. The highest BCUT2D eigenvalue weighted by atomic mass is 16.1. The zero-order valence-corrected chi connectivity index (χ0v) is 5.76. The van der Waals surface area contributed by atoms with Crippen molar-refractivity contribution in [3.63, 3.8) is 0 Å². The van der Waals surface area contributed by atoms with Gasteiger partial charge in [-0.25, -0.2) is 0 Å². The molecule has 0 bridgehead atoms. The molecule has 2 N–H and O–H groups in total. The fourth-order valence-electron chi connectivity index (χ4n) is 0.583. The van der Waals surface area contributed by atoms with Crippen molar-refractivity contribution in [2.45, 2.75) is 13.3 Å². The minimum atomic E-state index is 0.0486. The predicted molar refractivity (Wildman–Crippen MR) is 38.0 cm³/mol. The molecule has 9 heavy (non-hydrogen) atoms. The van der Waals surface area contributed by atoms with E-state index in [0.717, 1.165) is 6.42 Å². The summed E-state index contributed by atoms with van der Waals surface area (Å²) in [5.74, 6) is 0.155. The molecule has 1 atom stereocenters. The Morgan fingerprint density at radius 3 is 2.78 bits per heavy atom. The topological polar surface area (TPSA) is 43.1 Å². The first kappa shape index (κ1) is 8.37. The predicted octanol–water partition coefficient (Wildman–Crippen LogP) is 0.726. The number of Topliss-reactive ketones (excluding diaryl/α,β-unsaturated/α-hetero) is 1. The van der Waals surface area contributed by atoms with Crippen molar-refractivity contribution >= 4 is 5.78 Å². The highest BCUT2D eigenvalue weighted by Crippen LogP contribution is 2.01. The van der Waals surface area contributed by atoms with Crippen molar-refractivity contribution in [1.82, 2.24) is 0 Å². The Morgan fingerprint density at radius 1 is 1.89 bits per heavy atom. The van der Waals surface area contributed by atoms with E-state index in [0.29, 0.717) is 0 Å². The van der Waals surface area contributed by atoms with Crippen LogP contribution in [0.3, 0.4) is 0 Å². The lowest BCUT2D eigenvalue weighted by atomic mass is 10.0. The molecule has 0 aliphatic carbocycles. The summed E-state index contributed by atoms with van der Waals surface area (Å²) in [5, 5.41) is 0. The molecule has 0 rings (SSSR count). The van der Waals surface area contributed by atoms with Gasteiger partial charge in [0.25, 0.3) is 0 Å². The third-order valence-corrected chi connectivity index (χ3v) is 1.27. The standard InChI is InChI=1S/C7H13NO/c1-3-4-6(2)7(9)5-8/h3,6H,1,4-5,8H2,2H3. The first-order valence-corrected chi connectivity index (χ1v) is 3.06. The first-order chi connectivity index (χ1) is 4.22. The first-order valence-electron chi connectivity index (χ1n) is 3.06. The average Bonchev–Trinajstić information content (AvgIpc) is 1.87. The zero-order chi connectivity index (χ0) is 7.28. The van der Waals surface area contributed by atoms with Crippen LogP contribution in [0.2, 0.25) is 0 Å². The van der Waals surface area contributed by atoms with Crippen LogP contribution in [0, 0.1) is 5.92 Å². The molecule has 0 saturated carbocycles. The second kappa shape index (κ2) is 4.27. The van der Waals surface area contributed by atoms with Gasteiger partial charge < -0.3 is 5.73 Å². The number of nitrogens with two attached hydrogens (primary N) is 1. The van der Waals surface area contributed by atoms with Crippen molar-refractivity contribution in [3.8, 4) is 0 Å². The van der Waals surface area contributed by atoms with Crippen LogP contribution in [0.15, 0.2) is 12.7 Å². The summed E-state index contributed by atoms with van der Waals surface area (Å²) in [5.41, 5.74) is 5.12. The Labute approximate surface area is 55.7 Å². The molecule has 0 saturated heterocycles. The third-order valence-electron chi connectivity index (χ3n) is 1.27. The number of carbonyl (C=O) groups excluding carboxylic acids is 1. The summed E-state index contributed by atoms with van der Waals surface area (Å²) < 4.78 is 0. The number of hydrogen-bond donors (Lipinski definition) is 1. The summed E-state index contributed by atoms with van der Waals surface area (Å²) in [7, 11) is 0. The number of hydrogen-bond acceptors (Lipinski definition) is 2. The fourth-order valence-corrected chi connectivity index (χ4v) is 0.583. The van der Waals surface area contributed by atoms with E-state index in [9.17, 15) is 4.79 Å². The molecule has 0 amide bonds. The van der Waals surface area contributed by atoms with Gasteiger partial charge >= 0.3 is 0 Å². The van der Waals surface area contributed by atoms with Gasteiger partial charge in [0.05, 0.1) is 6.54 Å². The Balaban J connectivity index is 3.58. The van der Waals surface area contributed by atoms with Crippen LogP contribution < -0.4 is 5.73 Å². The Kier molecular flexibility index (Phi) is 3.97. The van der Waals surface area contributed by atoms with Crippen molar-refractivity contribution < 1.29 is 4.79 Å². The molecule has 0 aliphatic heterocycles. The number of allylic oxidation sites excluding steroid dienone is 1. The fraction of sp³-hybridized carbons (Fsp3) is 0.571. The van der Waals surface area contributed by atoms with Gasteiger partial charge in [-0.1, -0.05) is 13.0 Å². The van der Waals surface area contributed by atoms with E-state index in [1.165, 1.54) is 0 Å². The van der Waals surface area contributed by atoms with Gasteiger partial charge in [0.2, 0.25) is 0 Å². The molecular formula is C7H13NO. The van der Waals surface area contributed by atoms with Crippen LogP contribution in [0.25, 0.3) is 0 Å². The van der Waals surface area contributed by atoms with Crippen LogP contribution in [-0.2, 0) is 4.79 Å². The Morgan fingerprint density at radius 2 is 2.44 bits per heavy atom. The molecule has 52 valence electrons. The van der Waals surface area contributed by atoms with Gasteiger partial charge in [-0.05, 0) is 6.42 Å². The van der Waals surface area contributed by atoms with Gasteiger partial charge in [-0.3, -0.25) is 4.79 Å². The number of rotatable bonds is 4. The molecule has 0 aromatic heterocycles. The lowest BCUT2D eigenvalue weighted by molar-refractivity contribution is -0.120. The second-order valence-corrected chi connectivity index (χ2v) is 2.10. The molecule has 0 aliphatic rings. The maximum absolute atomic E-state index is 10.7. The van der Waals surface area contributed by atoms with Crippen molar-refractivity contribution in [2.24, 2.45) is 11.7 Å². The van der Waals surface area contributed by atoms with Gasteiger partial charge in [-0.2, -0.15) is 0 Å². The molecule has 0 fully saturated rings. The van der Waals surface area contributed by atoms with Crippen molar-refractivity contribution in [1.29, 1.82) is 0 Å². The van der Waals surface area contributed by atoms with Crippen LogP contribution in [0.4, 0.5) is 0 Å². The van der Waals surface area contributed by atoms with E-state index in [-0.39, 0.29) is 18.2 Å². The lowest BCUT2D eigenvalue weighted by Crippen LogP contribution is -2.20. The highest BCUT2D eigenvalue weighted by Gasteiger charge is 2.07. The molecule has 0 heterocycles. The van der Waals surface area contributed by atoms with E-state index in [1.807, 2.05) is 6.92 Å². The van der Waals surface area contributed by atoms with E-state index < -0.39 is 0 Å². The van der Waals surface area contributed by atoms with Crippen LogP contribution in [-0.4, -0.2) is 12.3 Å². The summed E-state index contributed by atoms with van der Waals surface area (Å²) in [6.45, 7) is 5.53. The molecule has 0 aromatic carbocycles. The Bertz CT molecular complexity index is 109. The average molecular weight is 127 g/mol. The summed E-state index contributed by atoms with van der Waals surface area (Å²) in [4.78, 5) is 10.7. The van der Waals surface area contributed by atoms with Crippen LogP contribution in [0.1, 0.15) is 13.3 Å². The normalized spacial score (nSPS) is 12.7. The van der Waals surface area contributed by atoms with Gasteiger partial charge in [0.1, 0.15) is 5.78 Å². The van der Waals surface area contributed by atoms with E-state index in [2.05, 4.69) is 6.58 Å². The minimum Gasteiger partial charge on any atom is -0.324 e. The van der Waals surface area contributed by atoms with Crippen LogP contribution in [0.5, 0.6) is 0 Å². The number of carbonyl (C=O) groups is 1. The molecular weight excluding hydrogens is 114 g/mol. The molecule has 1 unspecified atom stereocenters. The summed E-state index contributed by atoms with van der Waals surface area (Å²) >= 11 is 0. The third kappa shape index (κ3) is 3.03. The number of ketones is 1. The molecule has 2 nitrogen and oxygen atoms in total. The van der Waals surface area contributed by atoms with E-state index in [4.69, 9.17) is 5.73 Å². The van der Waals surface area contributed by atoms with Gasteiger partial charge in [-0.15, -0.1) is 6.58 Å². The van der Waals surface area contributed by atoms with Crippen molar-refractivity contribution in [2.75, 3.05) is 6.54 Å². The summed E-state index contributed by atoms with van der Waals surface area (Å²) in [6, 6.07) is 0. The highest BCUT2D eigenvalue weighted by molar-refractivity contribution is 5.82. The minimum absolute atomic E-state index is 0.0486. The maximum atomic E-state index is 10.7. The Hall–Kier alpha value is -0.630.